The number of nitrogens with one attached hydrogen (secondary N) is 1. The second-order valence-corrected chi connectivity index (χ2v) is 9.87. The zero-order valence-electron chi connectivity index (χ0n) is 17.7. The van der Waals surface area contributed by atoms with Crippen LogP contribution in [0.15, 0.2) is 41.8 Å². The van der Waals surface area contributed by atoms with Crippen molar-refractivity contribution in [3.05, 3.63) is 68.2 Å². The van der Waals surface area contributed by atoms with Gasteiger partial charge in [-0.05, 0) is 62.9 Å². The molecule has 1 amide bonds. The molecule has 1 aliphatic rings. The lowest BCUT2D eigenvalue weighted by molar-refractivity contribution is 0.103. The Hall–Kier alpha value is -2.15. The van der Waals surface area contributed by atoms with Crippen LogP contribution in [0.1, 0.15) is 56.5 Å². The number of carbonyl (C=O) groups is 1. The van der Waals surface area contributed by atoms with Gasteiger partial charge in [-0.25, -0.2) is 0 Å². The van der Waals surface area contributed by atoms with Crippen LogP contribution in [0, 0.1) is 13.8 Å². The number of amides is 1. The number of rotatable bonds is 6. The average Bonchev–Trinajstić information content (AvgIpc) is 3.40. The molecule has 1 fully saturated rings. The summed E-state index contributed by atoms with van der Waals surface area (Å²) in [4.78, 5) is 17.4. The van der Waals surface area contributed by atoms with Gasteiger partial charge in [0.2, 0.25) is 0 Å². The summed E-state index contributed by atoms with van der Waals surface area (Å²) in [6.45, 7) is 6.42. The molecular formula is C24H28N2O2S2. The molecule has 0 spiro atoms. The lowest BCUT2D eigenvalue weighted by Crippen LogP contribution is -2.35. The molecule has 1 atom stereocenters. The number of carbonyl (C=O) groups excluding carboxylic acids is 1. The second kappa shape index (κ2) is 9.33. The number of likely N-dealkylation sites (tertiary alicyclic amines) is 1. The maximum absolute atomic E-state index is 12.9. The van der Waals surface area contributed by atoms with E-state index in [1.807, 2.05) is 29.6 Å². The van der Waals surface area contributed by atoms with Crippen molar-refractivity contribution < 1.29 is 9.53 Å². The Morgan fingerprint density at radius 2 is 1.87 bits per heavy atom. The molecule has 1 aliphatic heterocycles. The first-order chi connectivity index (χ1) is 14.6. The van der Waals surface area contributed by atoms with Gasteiger partial charge < -0.3 is 10.1 Å². The van der Waals surface area contributed by atoms with Crippen LogP contribution in [0.5, 0.6) is 5.75 Å². The summed E-state index contributed by atoms with van der Waals surface area (Å²) in [5, 5.41) is 6.11. The van der Waals surface area contributed by atoms with Crippen LogP contribution < -0.4 is 10.1 Å². The highest BCUT2D eigenvalue weighted by Crippen LogP contribution is 2.45. The van der Waals surface area contributed by atoms with Crippen molar-refractivity contribution in [2.75, 3.05) is 25.5 Å². The molecule has 3 heterocycles. The van der Waals surface area contributed by atoms with E-state index in [4.69, 9.17) is 4.74 Å². The largest absolute Gasteiger partial charge is 0.496 e. The molecule has 1 N–H and O–H groups in total. The van der Waals surface area contributed by atoms with E-state index in [1.165, 1.54) is 46.6 Å². The maximum Gasteiger partial charge on any atom is 0.266 e. The molecule has 3 aromatic rings. The molecule has 0 saturated carbocycles. The van der Waals surface area contributed by atoms with Crippen LogP contribution in [0.25, 0.3) is 0 Å². The standard InChI is InChI=1S/C24H28N2O2S2/c1-16-17(2)30-24(25-23(27)20-12-9-15-29-20)21(16)22(26-13-7-4-8-14-26)18-10-5-6-11-19(18)28-3/h5-6,9-12,15,22H,4,7-8,13-14H2,1-3H3,(H,25,27). The molecule has 4 rings (SSSR count). The molecule has 4 nitrogen and oxygen atoms in total. The monoisotopic (exact) mass is 440 g/mol. The molecule has 0 bridgehead atoms. The lowest BCUT2D eigenvalue weighted by atomic mass is 9.92. The third-order valence-electron chi connectivity index (χ3n) is 5.87. The van der Waals surface area contributed by atoms with E-state index in [2.05, 4.69) is 36.2 Å². The first-order valence-electron chi connectivity index (χ1n) is 10.4. The lowest BCUT2D eigenvalue weighted by Gasteiger charge is -2.36. The number of thiophene rings is 2. The summed E-state index contributed by atoms with van der Waals surface area (Å²) in [7, 11) is 1.73. The van der Waals surface area contributed by atoms with Crippen molar-refractivity contribution in [1.29, 1.82) is 0 Å². The number of piperidine rings is 1. The van der Waals surface area contributed by atoms with E-state index >= 15 is 0 Å². The Kier molecular flexibility index (Phi) is 6.56. The summed E-state index contributed by atoms with van der Waals surface area (Å²) in [5.74, 6) is 0.858. The Morgan fingerprint density at radius 3 is 2.57 bits per heavy atom. The van der Waals surface area contributed by atoms with Crippen molar-refractivity contribution >= 4 is 33.6 Å². The first kappa shape index (κ1) is 21.1. The predicted molar refractivity (Wildman–Crippen MR) is 126 cm³/mol. The van der Waals surface area contributed by atoms with E-state index in [9.17, 15) is 4.79 Å². The zero-order valence-corrected chi connectivity index (χ0v) is 19.4. The van der Waals surface area contributed by atoms with Crippen molar-refractivity contribution in [2.45, 2.75) is 39.2 Å². The van der Waals surface area contributed by atoms with Gasteiger partial charge in [-0.1, -0.05) is 30.7 Å². The normalized spacial score (nSPS) is 15.7. The zero-order chi connectivity index (χ0) is 21.1. The number of nitrogens with zero attached hydrogens (tertiary/aromatic N) is 1. The fourth-order valence-electron chi connectivity index (χ4n) is 4.24. The SMILES string of the molecule is COc1ccccc1C(c1c(NC(=O)c2cccs2)sc(C)c1C)N1CCCCC1. The number of anilines is 1. The van der Waals surface area contributed by atoms with Crippen molar-refractivity contribution in [1.82, 2.24) is 4.90 Å². The van der Waals surface area contributed by atoms with Crippen LogP contribution in [0.3, 0.4) is 0 Å². The molecule has 2 aromatic heterocycles. The van der Waals surface area contributed by atoms with Gasteiger partial charge >= 0.3 is 0 Å². The van der Waals surface area contributed by atoms with Gasteiger partial charge in [0.1, 0.15) is 10.8 Å². The topological polar surface area (TPSA) is 41.6 Å². The van der Waals surface area contributed by atoms with Gasteiger partial charge in [-0.3, -0.25) is 9.69 Å². The van der Waals surface area contributed by atoms with Crippen LogP contribution >= 0.6 is 22.7 Å². The van der Waals surface area contributed by atoms with E-state index in [0.29, 0.717) is 0 Å². The number of benzene rings is 1. The summed E-state index contributed by atoms with van der Waals surface area (Å²) in [5.41, 5.74) is 3.62. The summed E-state index contributed by atoms with van der Waals surface area (Å²) < 4.78 is 5.76. The molecule has 0 radical (unpaired) electrons. The van der Waals surface area contributed by atoms with Crippen LogP contribution in [-0.4, -0.2) is 31.0 Å². The van der Waals surface area contributed by atoms with Crippen LogP contribution in [0.2, 0.25) is 0 Å². The van der Waals surface area contributed by atoms with Gasteiger partial charge in [-0.15, -0.1) is 22.7 Å². The Balaban J connectivity index is 1.81. The van der Waals surface area contributed by atoms with Crippen LogP contribution in [0.4, 0.5) is 5.00 Å². The van der Waals surface area contributed by atoms with Gasteiger partial charge in [0.05, 0.1) is 18.0 Å². The summed E-state index contributed by atoms with van der Waals surface area (Å²) in [6.07, 6.45) is 3.67. The van der Waals surface area contributed by atoms with Crippen molar-refractivity contribution in [2.24, 2.45) is 0 Å². The summed E-state index contributed by atoms with van der Waals surface area (Å²) in [6, 6.07) is 12.1. The molecule has 30 heavy (non-hydrogen) atoms. The van der Waals surface area contributed by atoms with Crippen molar-refractivity contribution in [3.63, 3.8) is 0 Å². The van der Waals surface area contributed by atoms with Gasteiger partial charge in [-0.2, -0.15) is 0 Å². The minimum atomic E-state index is -0.0371. The maximum atomic E-state index is 12.9. The third kappa shape index (κ3) is 4.17. The fourth-order valence-corrected chi connectivity index (χ4v) is 5.95. The Morgan fingerprint density at radius 1 is 1.10 bits per heavy atom. The van der Waals surface area contributed by atoms with E-state index in [1.54, 1.807) is 18.4 Å². The number of aryl methyl sites for hydroxylation is 1. The fraction of sp³-hybridized carbons (Fsp3) is 0.375. The minimum Gasteiger partial charge on any atom is -0.496 e. The molecule has 158 valence electrons. The highest BCUT2D eigenvalue weighted by Gasteiger charge is 2.32. The average molecular weight is 441 g/mol. The third-order valence-corrected chi connectivity index (χ3v) is 7.87. The highest BCUT2D eigenvalue weighted by molar-refractivity contribution is 7.17. The van der Waals surface area contributed by atoms with Gasteiger partial charge in [0.15, 0.2) is 0 Å². The highest BCUT2D eigenvalue weighted by atomic mass is 32.1. The van der Waals surface area contributed by atoms with Gasteiger partial charge in [0, 0.05) is 16.0 Å². The number of methoxy groups -OCH3 is 1. The first-order valence-corrected chi connectivity index (χ1v) is 12.1. The van der Waals surface area contributed by atoms with Crippen LogP contribution in [-0.2, 0) is 0 Å². The van der Waals surface area contributed by atoms with E-state index in [0.717, 1.165) is 34.3 Å². The van der Waals surface area contributed by atoms with E-state index < -0.39 is 0 Å². The quantitative estimate of drug-likeness (QED) is 0.492. The Labute approximate surface area is 186 Å². The minimum absolute atomic E-state index is 0.0371. The number of para-hydroxylation sites is 1. The molecule has 1 aromatic carbocycles. The molecule has 1 saturated heterocycles. The number of hydrogen-bond donors (Lipinski definition) is 1. The van der Waals surface area contributed by atoms with Crippen molar-refractivity contribution in [3.8, 4) is 5.75 Å². The molecule has 6 heteroatoms. The second-order valence-electron chi connectivity index (χ2n) is 7.70. The van der Waals surface area contributed by atoms with Gasteiger partial charge in [0.25, 0.3) is 5.91 Å². The molecule has 1 unspecified atom stereocenters. The molecular weight excluding hydrogens is 412 g/mol. The Bertz CT molecular complexity index is 1000. The number of hydrogen-bond acceptors (Lipinski definition) is 5. The van der Waals surface area contributed by atoms with E-state index in [-0.39, 0.29) is 11.9 Å². The summed E-state index contributed by atoms with van der Waals surface area (Å²) >= 11 is 3.14. The smallest absolute Gasteiger partial charge is 0.266 e. The number of ether oxygens (including phenoxy) is 1. The molecule has 0 aliphatic carbocycles. The predicted octanol–water partition coefficient (Wildman–Crippen LogP) is 6.26.